The fraction of sp³-hybridized carbons (Fsp3) is 0.333. The molecule has 0 radical (unpaired) electrons. The molecule has 2 rings (SSSR count). The van der Waals surface area contributed by atoms with Gasteiger partial charge in [0.1, 0.15) is 11.9 Å². The number of benzene rings is 1. The van der Waals surface area contributed by atoms with E-state index in [1.807, 2.05) is 0 Å². The number of nitrogens with zero attached hydrogens (tertiary/aromatic N) is 1. The molecule has 1 amide bonds. The van der Waals surface area contributed by atoms with Crippen molar-refractivity contribution in [3.8, 4) is 18.1 Å². The fourth-order valence-electron chi connectivity index (χ4n) is 2.67. The Balaban J connectivity index is 2.33. The molecule has 4 heteroatoms. The molecule has 114 valence electrons. The molecule has 1 aliphatic rings. The van der Waals surface area contributed by atoms with Crippen LogP contribution in [0, 0.1) is 18.3 Å². The molecule has 3 atom stereocenters. The molecule has 0 aliphatic carbocycles. The van der Waals surface area contributed by atoms with Gasteiger partial charge < -0.3 is 14.7 Å². The van der Waals surface area contributed by atoms with Crippen molar-refractivity contribution < 1.29 is 14.6 Å². The summed E-state index contributed by atoms with van der Waals surface area (Å²) in [6, 6.07) is 6.73. The predicted molar refractivity (Wildman–Crippen MR) is 85.5 cm³/mol. The number of amides is 1. The monoisotopic (exact) mass is 297 g/mol. The van der Waals surface area contributed by atoms with Crippen LogP contribution in [0.25, 0.3) is 0 Å². The van der Waals surface area contributed by atoms with Crippen LogP contribution in [-0.2, 0) is 4.79 Å². The molecule has 1 saturated heterocycles. The van der Waals surface area contributed by atoms with Crippen molar-refractivity contribution in [2.75, 3.05) is 12.0 Å². The van der Waals surface area contributed by atoms with Gasteiger partial charge in [0.05, 0.1) is 19.1 Å². The molecule has 1 N–H and O–H groups in total. The van der Waals surface area contributed by atoms with Gasteiger partial charge in [-0.1, -0.05) is 6.58 Å². The lowest BCUT2D eigenvalue weighted by atomic mass is 9.79. The lowest BCUT2D eigenvalue weighted by Gasteiger charge is -2.48. The molecule has 0 unspecified atom stereocenters. The van der Waals surface area contributed by atoms with Crippen LogP contribution in [0.2, 0.25) is 0 Å². The molecule has 4 nitrogen and oxygen atoms in total. The minimum Gasteiger partial charge on any atom is -0.497 e. The second-order valence-electron chi connectivity index (χ2n) is 5.22. The van der Waals surface area contributed by atoms with E-state index in [2.05, 4.69) is 18.2 Å². The number of methoxy groups -OCH3 is 1. The highest BCUT2D eigenvalue weighted by Crippen LogP contribution is 2.38. The summed E-state index contributed by atoms with van der Waals surface area (Å²) >= 11 is 0. The van der Waals surface area contributed by atoms with Crippen molar-refractivity contribution in [2.24, 2.45) is 5.92 Å². The first-order chi connectivity index (χ1) is 10.5. The Labute approximate surface area is 130 Å². The summed E-state index contributed by atoms with van der Waals surface area (Å²) in [5, 5.41) is 10.5. The van der Waals surface area contributed by atoms with Crippen molar-refractivity contribution >= 4 is 11.6 Å². The quantitative estimate of drug-likeness (QED) is 0.515. The Hall–Kier alpha value is -2.47. The van der Waals surface area contributed by atoms with E-state index >= 15 is 0 Å². The van der Waals surface area contributed by atoms with Crippen molar-refractivity contribution in [2.45, 2.75) is 25.5 Å². The number of anilines is 1. The fourth-order valence-corrected chi connectivity index (χ4v) is 2.67. The normalized spacial score (nSPS) is 21.4. The maximum Gasteiger partial charge on any atom is 0.233 e. The van der Waals surface area contributed by atoms with E-state index < -0.39 is 12.1 Å². The Morgan fingerprint density at radius 1 is 1.50 bits per heavy atom. The van der Waals surface area contributed by atoms with Crippen molar-refractivity contribution in [1.82, 2.24) is 0 Å². The lowest BCUT2D eigenvalue weighted by Crippen LogP contribution is -2.66. The van der Waals surface area contributed by atoms with Gasteiger partial charge in [0.2, 0.25) is 5.91 Å². The van der Waals surface area contributed by atoms with Gasteiger partial charge in [0, 0.05) is 12.1 Å². The van der Waals surface area contributed by atoms with Gasteiger partial charge >= 0.3 is 0 Å². The number of terminal acetylenes is 1. The smallest absolute Gasteiger partial charge is 0.233 e. The zero-order chi connectivity index (χ0) is 16.3. The summed E-state index contributed by atoms with van der Waals surface area (Å²) in [6.45, 7) is 5.29. The molecule has 0 aromatic heterocycles. The first-order valence-electron chi connectivity index (χ1n) is 7.00. The average molecular weight is 297 g/mol. The number of carbonyl (C=O) groups is 1. The standard InChI is InChI=1S/C18H19NO3/c1-5-7-15-16(17(20)12(3)6-2)19(18(15)21)13-8-10-14(22-4)11-9-13/h1,8-11,15-17,20H,2,7H2,3-4H3/t15-,16-,17-/m0/s1. The van der Waals surface area contributed by atoms with Gasteiger partial charge in [-0.3, -0.25) is 4.79 Å². The van der Waals surface area contributed by atoms with E-state index in [4.69, 9.17) is 11.2 Å². The molecule has 0 spiro atoms. The molecular formula is C18H19NO3. The maximum absolute atomic E-state index is 12.4. The van der Waals surface area contributed by atoms with Crippen molar-refractivity contribution in [1.29, 1.82) is 0 Å². The molecule has 0 bridgehead atoms. The van der Waals surface area contributed by atoms with Gasteiger partial charge in [-0.15, -0.1) is 18.1 Å². The molecular weight excluding hydrogens is 278 g/mol. The zero-order valence-corrected chi connectivity index (χ0v) is 12.7. The summed E-state index contributed by atoms with van der Waals surface area (Å²) in [7, 11) is 1.58. The average Bonchev–Trinajstić information content (AvgIpc) is 2.56. The Kier molecular flexibility index (Phi) is 4.72. The third-order valence-corrected chi connectivity index (χ3v) is 4.00. The third kappa shape index (κ3) is 2.65. The van der Waals surface area contributed by atoms with Gasteiger partial charge in [-0.25, -0.2) is 0 Å². The largest absolute Gasteiger partial charge is 0.497 e. The van der Waals surface area contributed by atoms with Crippen molar-refractivity contribution in [3.05, 3.63) is 42.1 Å². The summed E-state index contributed by atoms with van der Waals surface area (Å²) in [4.78, 5) is 14.0. The van der Waals surface area contributed by atoms with Crippen LogP contribution in [0.4, 0.5) is 5.69 Å². The zero-order valence-electron chi connectivity index (χ0n) is 12.7. The summed E-state index contributed by atoms with van der Waals surface area (Å²) in [6.07, 6.45) is 4.81. The highest BCUT2D eigenvalue weighted by atomic mass is 16.5. The molecule has 22 heavy (non-hydrogen) atoms. The minimum atomic E-state index is -0.837. The number of aliphatic hydroxyl groups is 1. The maximum atomic E-state index is 12.4. The number of rotatable bonds is 5. The van der Waals surface area contributed by atoms with Crippen molar-refractivity contribution in [3.63, 3.8) is 0 Å². The van der Waals surface area contributed by atoms with Crippen LogP contribution in [0.3, 0.4) is 0 Å². The highest BCUT2D eigenvalue weighted by Gasteiger charge is 2.51. The van der Waals surface area contributed by atoms with E-state index in [-0.39, 0.29) is 11.8 Å². The SMILES string of the molecule is C#CC[C@@H]1C(=O)N(c2ccc(OC)cc2)[C@@H]1[C@@H](O)C(C)=C=C. The van der Waals surface area contributed by atoms with Crippen LogP contribution < -0.4 is 9.64 Å². The molecule has 1 heterocycles. The molecule has 1 fully saturated rings. The number of carbonyl (C=O) groups excluding carboxylic acids is 1. The number of hydrogen-bond donors (Lipinski definition) is 1. The summed E-state index contributed by atoms with van der Waals surface area (Å²) in [5.41, 5.74) is 3.99. The van der Waals surface area contributed by atoms with Crippen LogP contribution in [-0.4, -0.2) is 30.3 Å². The van der Waals surface area contributed by atoms with E-state index in [1.54, 1.807) is 43.2 Å². The van der Waals surface area contributed by atoms with Gasteiger partial charge in [-0.2, -0.15) is 0 Å². The minimum absolute atomic E-state index is 0.0796. The molecule has 1 aromatic carbocycles. The Morgan fingerprint density at radius 2 is 2.14 bits per heavy atom. The summed E-state index contributed by atoms with van der Waals surface area (Å²) < 4.78 is 5.12. The molecule has 1 aliphatic heterocycles. The van der Waals surface area contributed by atoms with Gasteiger partial charge in [-0.05, 0) is 36.8 Å². The first kappa shape index (κ1) is 15.9. The van der Waals surface area contributed by atoms with Crippen LogP contribution in [0.15, 0.2) is 42.1 Å². The first-order valence-corrected chi connectivity index (χ1v) is 7.00. The number of hydrogen-bond acceptors (Lipinski definition) is 3. The number of ether oxygens (including phenoxy) is 1. The van der Waals surface area contributed by atoms with Gasteiger partial charge in [0.25, 0.3) is 0 Å². The van der Waals surface area contributed by atoms with E-state index in [1.165, 1.54) is 0 Å². The second-order valence-corrected chi connectivity index (χ2v) is 5.22. The highest BCUT2D eigenvalue weighted by molar-refractivity contribution is 6.03. The number of β-lactam (4-membered cyclic amide) rings is 1. The van der Waals surface area contributed by atoms with E-state index in [0.717, 1.165) is 0 Å². The van der Waals surface area contributed by atoms with E-state index in [9.17, 15) is 9.90 Å². The van der Waals surface area contributed by atoms with E-state index in [0.29, 0.717) is 23.4 Å². The third-order valence-electron chi connectivity index (χ3n) is 4.00. The van der Waals surface area contributed by atoms with Crippen LogP contribution >= 0.6 is 0 Å². The molecule has 1 aromatic rings. The Morgan fingerprint density at radius 3 is 2.64 bits per heavy atom. The predicted octanol–water partition coefficient (Wildman–Crippen LogP) is 2.14. The van der Waals surface area contributed by atoms with Gasteiger partial charge in [0.15, 0.2) is 0 Å². The lowest BCUT2D eigenvalue weighted by molar-refractivity contribution is -0.132. The molecule has 0 saturated carbocycles. The van der Waals surface area contributed by atoms with Crippen LogP contribution in [0.1, 0.15) is 13.3 Å². The number of aliphatic hydroxyl groups excluding tert-OH is 1. The Bertz CT molecular complexity index is 650. The second kappa shape index (κ2) is 6.53. The summed E-state index contributed by atoms with van der Waals surface area (Å²) in [5.74, 6) is 2.75. The van der Waals surface area contributed by atoms with Crippen LogP contribution in [0.5, 0.6) is 5.75 Å². The topological polar surface area (TPSA) is 49.8 Å².